The fourth-order valence-corrected chi connectivity index (χ4v) is 5.13. The number of nitrogens with one attached hydrogen (secondary N) is 1. The maximum atomic E-state index is 13.0. The van der Waals surface area contributed by atoms with E-state index in [-0.39, 0.29) is 36.3 Å². The lowest BCUT2D eigenvalue weighted by molar-refractivity contribution is -0.121. The zero-order valence-electron chi connectivity index (χ0n) is 22.1. The van der Waals surface area contributed by atoms with Crippen molar-refractivity contribution in [2.75, 3.05) is 6.61 Å². The van der Waals surface area contributed by atoms with E-state index in [1.165, 1.54) is 11.3 Å². The van der Waals surface area contributed by atoms with Gasteiger partial charge in [-0.2, -0.15) is 0 Å². The number of carbonyl (C=O) groups is 2. The number of hydrogen-bond donors (Lipinski definition) is 1. The molecule has 0 unspecified atom stereocenters. The molecular weight excluding hydrogens is 490 g/mol. The molecular formula is C29H33NO6S. The Morgan fingerprint density at radius 2 is 1.89 bits per heavy atom. The van der Waals surface area contributed by atoms with Gasteiger partial charge in [-0.1, -0.05) is 40.7 Å². The average molecular weight is 524 g/mol. The molecule has 7 nitrogen and oxygen atoms in total. The smallest absolute Gasteiger partial charge is 0.348 e. The number of carbonyl (C=O) groups excluding carboxylic acids is 2. The summed E-state index contributed by atoms with van der Waals surface area (Å²) in [4.78, 5) is 38.7. The molecule has 1 N–H and O–H groups in total. The minimum atomic E-state index is -0.549. The van der Waals surface area contributed by atoms with Crippen molar-refractivity contribution in [1.29, 1.82) is 0 Å². The standard InChI is InChI=1S/C29H33NO6S/c1-16(2)10-18(14-35-28(33)25-8-7-9-37-25)30-26(31)12-20-17(3)19-11-21-22(29(4,5)6)15-34-23(21)13-24(19)36-27(20)32/h7-9,11,13,15-16,18H,10,12,14H2,1-6H3,(H,30,31)/t18-/m0/s1. The van der Waals surface area contributed by atoms with Crippen molar-refractivity contribution < 1.29 is 23.2 Å². The third-order valence-corrected chi connectivity index (χ3v) is 7.24. The van der Waals surface area contributed by atoms with Gasteiger partial charge in [-0.25, -0.2) is 9.59 Å². The molecule has 1 atom stereocenters. The summed E-state index contributed by atoms with van der Waals surface area (Å²) in [5.74, 6) is -0.468. The number of furan rings is 1. The van der Waals surface area contributed by atoms with E-state index in [4.69, 9.17) is 13.6 Å². The molecule has 0 radical (unpaired) electrons. The summed E-state index contributed by atoms with van der Waals surface area (Å²) in [6.07, 6.45) is 2.24. The van der Waals surface area contributed by atoms with E-state index in [1.54, 1.807) is 24.5 Å². The third kappa shape index (κ3) is 5.96. The van der Waals surface area contributed by atoms with Gasteiger partial charge in [0.15, 0.2) is 0 Å². The number of benzene rings is 1. The highest BCUT2D eigenvalue weighted by Crippen LogP contribution is 2.35. The maximum absolute atomic E-state index is 13.0. The Morgan fingerprint density at radius 1 is 1.14 bits per heavy atom. The molecule has 8 heteroatoms. The Bertz CT molecular complexity index is 1490. The second-order valence-electron chi connectivity index (χ2n) is 10.9. The van der Waals surface area contributed by atoms with Crippen LogP contribution < -0.4 is 10.9 Å². The average Bonchev–Trinajstić information content (AvgIpc) is 3.48. The normalized spacial score (nSPS) is 12.8. The van der Waals surface area contributed by atoms with Gasteiger partial charge in [0, 0.05) is 22.4 Å². The molecule has 4 rings (SSSR count). The van der Waals surface area contributed by atoms with Crippen LogP contribution in [0.4, 0.5) is 0 Å². The second-order valence-corrected chi connectivity index (χ2v) is 11.8. The molecule has 3 aromatic heterocycles. The largest absolute Gasteiger partial charge is 0.464 e. The fraction of sp³-hybridized carbons (Fsp3) is 0.414. The van der Waals surface area contributed by atoms with E-state index in [2.05, 4.69) is 26.1 Å². The summed E-state index contributed by atoms with van der Waals surface area (Å²) < 4.78 is 16.8. The van der Waals surface area contributed by atoms with Crippen LogP contribution in [0.5, 0.6) is 0 Å². The molecule has 4 aromatic rings. The van der Waals surface area contributed by atoms with E-state index in [0.29, 0.717) is 33.6 Å². The number of amides is 1. The fourth-order valence-electron chi connectivity index (χ4n) is 4.51. The SMILES string of the molecule is Cc1c(CC(=O)N[C@H](COC(=O)c2cccs2)CC(C)C)c(=O)oc2cc3occ(C(C)(C)C)c3cc12. The van der Waals surface area contributed by atoms with Crippen LogP contribution in [0, 0.1) is 12.8 Å². The van der Waals surface area contributed by atoms with Crippen molar-refractivity contribution in [2.24, 2.45) is 5.92 Å². The Morgan fingerprint density at radius 3 is 2.54 bits per heavy atom. The van der Waals surface area contributed by atoms with Crippen LogP contribution in [0.3, 0.4) is 0 Å². The molecule has 1 amide bonds. The van der Waals surface area contributed by atoms with Crippen LogP contribution >= 0.6 is 11.3 Å². The number of rotatable bonds is 8. The lowest BCUT2D eigenvalue weighted by atomic mass is 9.86. The first-order valence-electron chi connectivity index (χ1n) is 12.4. The van der Waals surface area contributed by atoms with Gasteiger partial charge in [-0.05, 0) is 47.8 Å². The second kappa shape index (κ2) is 10.5. The highest BCUT2D eigenvalue weighted by atomic mass is 32.1. The van der Waals surface area contributed by atoms with Crippen molar-refractivity contribution >= 4 is 45.2 Å². The molecule has 3 heterocycles. The van der Waals surface area contributed by atoms with Crippen LogP contribution in [0.2, 0.25) is 0 Å². The highest BCUT2D eigenvalue weighted by Gasteiger charge is 2.23. The molecule has 37 heavy (non-hydrogen) atoms. The predicted molar refractivity (Wildman–Crippen MR) is 145 cm³/mol. The topological polar surface area (TPSA) is 98.8 Å². The van der Waals surface area contributed by atoms with Gasteiger partial charge in [-0.3, -0.25) is 4.79 Å². The molecule has 0 saturated heterocycles. The first kappa shape index (κ1) is 26.7. The molecule has 0 bridgehead atoms. The summed E-state index contributed by atoms with van der Waals surface area (Å²) in [5.41, 5.74) is 2.47. The van der Waals surface area contributed by atoms with Gasteiger partial charge in [0.1, 0.15) is 22.7 Å². The quantitative estimate of drug-likeness (QED) is 0.220. The summed E-state index contributed by atoms with van der Waals surface area (Å²) >= 11 is 1.31. The molecule has 0 spiro atoms. The molecule has 0 aliphatic rings. The van der Waals surface area contributed by atoms with Crippen LogP contribution in [0.15, 0.2) is 49.5 Å². The molecule has 0 aliphatic carbocycles. The molecule has 0 aliphatic heterocycles. The number of fused-ring (bicyclic) bond motifs is 2. The van der Waals surface area contributed by atoms with Crippen LogP contribution in [0.25, 0.3) is 21.9 Å². The van der Waals surface area contributed by atoms with Crippen molar-refractivity contribution in [3.63, 3.8) is 0 Å². The van der Waals surface area contributed by atoms with E-state index >= 15 is 0 Å². The summed E-state index contributed by atoms with van der Waals surface area (Å²) in [6.45, 7) is 12.3. The van der Waals surface area contributed by atoms with Gasteiger partial charge < -0.3 is 18.9 Å². The highest BCUT2D eigenvalue weighted by molar-refractivity contribution is 7.11. The summed E-state index contributed by atoms with van der Waals surface area (Å²) in [6, 6.07) is 6.82. The van der Waals surface area contributed by atoms with Crippen molar-refractivity contribution in [3.05, 3.63) is 67.9 Å². The first-order chi connectivity index (χ1) is 17.4. The minimum absolute atomic E-state index is 0.0556. The Balaban J connectivity index is 1.56. The van der Waals surface area contributed by atoms with Gasteiger partial charge in [0.05, 0.1) is 24.3 Å². The predicted octanol–water partition coefficient (Wildman–Crippen LogP) is 6.14. The van der Waals surface area contributed by atoms with Gasteiger partial charge in [-0.15, -0.1) is 11.3 Å². The monoisotopic (exact) mass is 523 g/mol. The molecule has 0 saturated carbocycles. The van der Waals surface area contributed by atoms with Crippen LogP contribution in [-0.2, 0) is 21.4 Å². The van der Waals surface area contributed by atoms with Crippen molar-refractivity contribution in [2.45, 2.75) is 65.8 Å². The molecule has 1 aromatic carbocycles. The zero-order valence-corrected chi connectivity index (χ0v) is 22.9. The first-order valence-corrected chi connectivity index (χ1v) is 13.3. The van der Waals surface area contributed by atoms with Crippen molar-refractivity contribution in [3.8, 4) is 0 Å². The number of thiophene rings is 1. The van der Waals surface area contributed by atoms with Crippen molar-refractivity contribution in [1.82, 2.24) is 5.32 Å². The van der Waals surface area contributed by atoms with Crippen LogP contribution in [0.1, 0.15) is 67.4 Å². The van der Waals surface area contributed by atoms with E-state index in [9.17, 15) is 14.4 Å². The maximum Gasteiger partial charge on any atom is 0.348 e. The molecule has 0 fully saturated rings. The van der Waals surface area contributed by atoms with Gasteiger partial charge in [0.2, 0.25) is 5.91 Å². The van der Waals surface area contributed by atoms with E-state index in [1.807, 2.05) is 32.2 Å². The molecule has 196 valence electrons. The summed E-state index contributed by atoms with van der Waals surface area (Å²) in [7, 11) is 0. The Labute approximate surface area is 219 Å². The van der Waals surface area contributed by atoms with Gasteiger partial charge in [0.25, 0.3) is 0 Å². The summed E-state index contributed by atoms with van der Waals surface area (Å²) in [5, 5.41) is 6.48. The zero-order chi connectivity index (χ0) is 26.9. The number of aryl methyl sites for hydroxylation is 1. The number of esters is 1. The Hall–Kier alpha value is -3.39. The van der Waals surface area contributed by atoms with Crippen LogP contribution in [-0.4, -0.2) is 24.5 Å². The lowest BCUT2D eigenvalue weighted by Crippen LogP contribution is -2.41. The number of hydrogen-bond acceptors (Lipinski definition) is 7. The van der Waals surface area contributed by atoms with E-state index < -0.39 is 11.6 Å². The number of ether oxygens (including phenoxy) is 1. The van der Waals surface area contributed by atoms with E-state index in [0.717, 1.165) is 16.3 Å². The lowest BCUT2D eigenvalue weighted by Gasteiger charge is -2.20. The van der Waals surface area contributed by atoms with Gasteiger partial charge >= 0.3 is 11.6 Å². The third-order valence-electron chi connectivity index (χ3n) is 6.39. The Kier molecular flexibility index (Phi) is 7.59. The minimum Gasteiger partial charge on any atom is -0.464 e.